The van der Waals surface area contributed by atoms with Gasteiger partial charge < -0.3 is 15.3 Å². The van der Waals surface area contributed by atoms with Crippen LogP contribution in [0.1, 0.15) is 37.4 Å². The molecule has 2 atom stereocenters. The number of ketones is 1. The molecule has 34 heavy (non-hydrogen) atoms. The fraction of sp³-hybridized carbons (Fsp3) is 0.241. The number of benzene rings is 3. The summed E-state index contributed by atoms with van der Waals surface area (Å²) in [5.74, 6) is -0.490. The number of phenolic OH excluding ortho intramolecular Hbond substituents is 1. The standard InChI is InChI=1S/C29H28N2O3/c1-29(2)17-23-27(25(33)18-29)28(20-11-8-12-21(32)16-20)31(24-14-7-6-13-22(24)30-23)26(34)15-19-9-4-3-5-10-19/h3-14,16-17,27-28,30,32H,15,18H2,1-2H3. The third-order valence-corrected chi connectivity index (χ3v) is 6.57. The zero-order valence-corrected chi connectivity index (χ0v) is 19.4. The van der Waals surface area contributed by atoms with E-state index in [-0.39, 0.29) is 29.3 Å². The maximum atomic E-state index is 14.0. The number of anilines is 2. The molecule has 2 aliphatic rings. The van der Waals surface area contributed by atoms with E-state index in [0.717, 1.165) is 28.2 Å². The van der Waals surface area contributed by atoms with Crippen LogP contribution in [0.2, 0.25) is 0 Å². The average molecular weight is 453 g/mol. The van der Waals surface area contributed by atoms with Gasteiger partial charge in [-0.1, -0.05) is 74.5 Å². The van der Waals surface area contributed by atoms with E-state index in [2.05, 4.69) is 11.4 Å². The number of rotatable bonds is 3. The van der Waals surface area contributed by atoms with Crippen LogP contribution in [0.4, 0.5) is 11.4 Å². The molecule has 0 saturated carbocycles. The number of allylic oxidation sites excluding steroid dienone is 1. The van der Waals surface area contributed by atoms with E-state index in [1.807, 2.05) is 74.5 Å². The monoisotopic (exact) mass is 452 g/mol. The summed E-state index contributed by atoms with van der Waals surface area (Å²) in [4.78, 5) is 29.4. The van der Waals surface area contributed by atoms with E-state index >= 15 is 0 Å². The molecule has 1 aliphatic heterocycles. The van der Waals surface area contributed by atoms with Crippen LogP contribution in [0, 0.1) is 11.3 Å². The van der Waals surface area contributed by atoms with Gasteiger partial charge in [0.1, 0.15) is 11.5 Å². The average Bonchev–Trinajstić information content (AvgIpc) is 2.93. The van der Waals surface area contributed by atoms with Crippen LogP contribution in [-0.4, -0.2) is 16.8 Å². The first-order chi connectivity index (χ1) is 16.3. The maximum absolute atomic E-state index is 14.0. The van der Waals surface area contributed by atoms with Crippen LogP contribution < -0.4 is 10.2 Å². The van der Waals surface area contributed by atoms with Crippen molar-refractivity contribution in [2.75, 3.05) is 10.2 Å². The quantitative estimate of drug-likeness (QED) is 0.540. The van der Waals surface area contributed by atoms with Crippen molar-refractivity contribution in [1.29, 1.82) is 0 Å². The van der Waals surface area contributed by atoms with Crippen molar-refractivity contribution in [3.8, 4) is 5.75 Å². The van der Waals surface area contributed by atoms with Gasteiger partial charge in [0.2, 0.25) is 5.91 Å². The van der Waals surface area contributed by atoms with E-state index in [9.17, 15) is 14.7 Å². The molecule has 0 bridgehead atoms. The van der Waals surface area contributed by atoms with Gasteiger partial charge in [-0.3, -0.25) is 9.59 Å². The van der Waals surface area contributed by atoms with Gasteiger partial charge in [-0.25, -0.2) is 0 Å². The minimum absolute atomic E-state index is 0.0775. The Hall–Kier alpha value is -3.86. The number of aromatic hydroxyl groups is 1. The largest absolute Gasteiger partial charge is 0.508 e. The molecule has 3 aromatic rings. The van der Waals surface area contributed by atoms with E-state index in [4.69, 9.17) is 0 Å². The summed E-state index contributed by atoms with van der Waals surface area (Å²) in [6.45, 7) is 4.10. The maximum Gasteiger partial charge on any atom is 0.232 e. The minimum atomic E-state index is -0.589. The Labute approximate surface area is 199 Å². The molecule has 0 saturated heterocycles. The van der Waals surface area contributed by atoms with Crippen molar-refractivity contribution in [1.82, 2.24) is 0 Å². The second-order valence-electron chi connectivity index (χ2n) is 9.82. The Morgan fingerprint density at radius 1 is 1.03 bits per heavy atom. The van der Waals surface area contributed by atoms with E-state index < -0.39 is 12.0 Å². The number of fused-ring (bicyclic) bond motifs is 2. The third-order valence-electron chi connectivity index (χ3n) is 6.57. The lowest BCUT2D eigenvalue weighted by molar-refractivity contribution is -0.125. The number of carbonyl (C=O) groups is 2. The molecule has 0 aromatic heterocycles. The predicted octanol–water partition coefficient (Wildman–Crippen LogP) is 5.63. The molecule has 1 heterocycles. The van der Waals surface area contributed by atoms with Crippen LogP contribution in [-0.2, 0) is 16.0 Å². The molecule has 3 aromatic carbocycles. The normalized spacial score (nSPS) is 20.9. The Morgan fingerprint density at radius 3 is 2.53 bits per heavy atom. The zero-order chi connectivity index (χ0) is 23.9. The minimum Gasteiger partial charge on any atom is -0.508 e. The lowest BCUT2D eigenvalue weighted by Crippen LogP contribution is -2.44. The summed E-state index contributed by atoms with van der Waals surface area (Å²) in [5.41, 5.74) is 3.65. The number of amides is 1. The van der Waals surface area contributed by atoms with E-state index in [1.165, 1.54) is 0 Å². The van der Waals surface area contributed by atoms with Gasteiger partial charge in [0, 0.05) is 12.1 Å². The highest BCUT2D eigenvalue weighted by atomic mass is 16.3. The smallest absolute Gasteiger partial charge is 0.232 e. The number of hydrogen-bond acceptors (Lipinski definition) is 4. The summed E-state index contributed by atoms with van der Waals surface area (Å²) in [6, 6.07) is 23.6. The number of phenols is 1. The number of hydrogen-bond donors (Lipinski definition) is 2. The Kier molecular flexibility index (Phi) is 5.48. The van der Waals surface area contributed by atoms with Crippen molar-refractivity contribution < 1.29 is 14.7 Å². The van der Waals surface area contributed by atoms with Crippen LogP contribution in [0.25, 0.3) is 0 Å². The number of Topliss-reactive ketones (excluding diaryl/α,β-unsaturated/α-hetero) is 1. The molecule has 5 heteroatoms. The van der Waals surface area contributed by atoms with Crippen molar-refractivity contribution in [3.63, 3.8) is 0 Å². The highest BCUT2D eigenvalue weighted by molar-refractivity contribution is 6.02. The Morgan fingerprint density at radius 2 is 1.76 bits per heavy atom. The van der Waals surface area contributed by atoms with Crippen LogP contribution >= 0.6 is 0 Å². The Balaban J connectivity index is 1.72. The number of para-hydroxylation sites is 2. The fourth-order valence-corrected chi connectivity index (χ4v) is 5.19. The molecule has 1 aliphatic carbocycles. The van der Waals surface area contributed by atoms with Gasteiger partial charge in [0.15, 0.2) is 0 Å². The molecule has 2 N–H and O–H groups in total. The van der Waals surface area contributed by atoms with Crippen molar-refractivity contribution in [2.45, 2.75) is 32.7 Å². The molecule has 172 valence electrons. The topological polar surface area (TPSA) is 69.6 Å². The molecular formula is C29H28N2O3. The Bertz CT molecular complexity index is 1280. The second-order valence-corrected chi connectivity index (χ2v) is 9.82. The first-order valence-corrected chi connectivity index (χ1v) is 11.6. The van der Waals surface area contributed by atoms with E-state index in [0.29, 0.717) is 6.42 Å². The summed E-state index contributed by atoms with van der Waals surface area (Å²) in [7, 11) is 0. The molecule has 0 fully saturated rings. The predicted molar refractivity (Wildman–Crippen MR) is 134 cm³/mol. The van der Waals surface area contributed by atoms with E-state index in [1.54, 1.807) is 23.1 Å². The van der Waals surface area contributed by atoms with Crippen molar-refractivity contribution in [2.24, 2.45) is 11.3 Å². The third kappa shape index (κ3) is 4.10. The van der Waals surface area contributed by atoms with Gasteiger partial charge in [-0.05, 0) is 40.8 Å². The molecule has 1 amide bonds. The number of nitrogens with zero attached hydrogens (tertiary/aromatic N) is 1. The lowest BCUT2D eigenvalue weighted by atomic mass is 9.72. The van der Waals surface area contributed by atoms with Crippen LogP contribution in [0.15, 0.2) is 90.6 Å². The summed E-state index contributed by atoms with van der Waals surface area (Å²) in [5, 5.41) is 13.8. The lowest BCUT2D eigenvalue weighted by Gasteiger charge is -2.39. The summed E-state index contributed by atoms with van der Waals surface area (Å²) in [6.07, 6.45) is 2.71. The second kappa shape index (κ2) is 8.49. The number of nitrogens with one attached hydrogen (secondary N) is 1. The molecule has 5 rings (SSSR count). The van der Waals surface area contributed by atoms with Crippen LogP contribution in [0.3, 0.4) is 0 Å². The van der Waals surface area contributed by atoms with Crippen molar-refractivity contribution in [3.05, 3.63) is 102 Å². The summed E-state index contributed by atoms with van der Waals surface area (Å²) < 4.78 is 0. The van der Waals surface area contributed by atoms with Gasteiger partial charge >= 0.3 is 0 Å². The molecule has 5 nitrogen and oxygen atoms in total. The van der Waals surface area contributed by atoms with Crippen molar-refractivity contribution >= 4 is 23.1 Å². The fourth-order valence-electron chi connectivity index (χ4n) is 5.19. The molecule has 0 radical (unpaired) electrons. The van der Waals surface area contributed by atoms with Crippen LogP contribution in [0.5, 0.6) is 5.75 Å². The molecule has 0 spiro atoms. The first kappa shape index (κ1) is 22.0. The zero-order valence-electron chi connectivity index (χ0n) is 19.4. The molecule has 2 unspecified atom stereocenters. The first-order valence-electron chi connectivity index (χ1n) is 11.6. The van der Waals surface area contributed by atoms with Gasteiger partial charge in [0.05, 0.1) is 29.8 Å². The van der Waals surface area contributed by atoms with Gasteiger partial charge in [-0.15, -0.1) is 0 Å². The van der Waals surface area contributed by atoms with Gasteiger partial charge in [-0.2, -0.15) is 0 Å². The SMILES string of the molecule is CC1(C)C=C2Nc3ccccc3N(C(=O)Cc3ccccc3)C(c3cccc(O)c3)C2C(=O)C1. The highest BCUT2D eigenvalue weighted by Crippen LogP contribution is 2.48. The van der Waals surface area contributed by atoms with Gasteiger partial charge in [0.25, 0.3) is 0 Å². The summed E-state index contributed by atoms with van der Waals surface area (Å²) >= 11 is 0. The number of carbonyl (C=O) groups excluding carboxylic acids is 2. The highest BCUT2D eigenvalue weighted by Gasteiger charge is 2.46. The molecular weight excluding hydrogens is 424 g/mol.